The SMILES string of the molecule is CC(N)C(c1ccc(Cl)s1)n1cccn1. The quantitative estimate of drug-likeness (QED) is 0.898. The number of nitrogens with two attached hydrogens (primary N) is 1. The van der Waals surface area contributed by atoms with Crippen LogP contribution in [0.2, 0.25) is 4.34 Å². The van der Waals surface area contributed by atoms with Gasteiger partial charge in [0.05, 0.1) is 4.34 Å². The van der Waals surface area contributed by atoms with Crippen LogP contribution >= 0.6 is 22.9 Å². The second kappa shape index (κ2) is 4.35. The van der Waals surface area contributed by atoms with Crippen LogP contribution in [0.15, 0.2) is 30.6 Å². The summed E-state index contributed by atoms with van der Waals surface area (Å²) in [5.41, 5.74) is 5.97. The minimum atomic E-state index is -0.000355. The van der Waals surface area contributed by atoms with Crippen molar-refractivity contribution in [2.45, 2.75) is 19.0 Å². The number of hydrogen-bond donors (Lipinski definition) is 1. The van der Waals surface area contributed by atoms with E-state index in [9.17, 15) is 0 Å². The molecular weight excluding hydrogens is 230 g/mol. The summed E-state index contributed by atoms with van der Waals surface area (Å²) in [5, 5.41) is 4.22. The average Bonchev–Trinajstić information content (AvgIpc) is 2.77. The third-order valence-corrected chi connectivity index (χ3v) is 3.50. The van der Waals surface area contributed by atoms with Gasteiger partial charge in [0.25, 0.3) is 0 Å². The van der Waals surface area contributed by atoms with Gasteiger partial charge in [-0.05, 0) is 25.1 Å². The predicted octanol–water partition coefficient (Wildman–Crippen LogP) is 2.53. The van der Waals surface area contributed by atoms with E-state index in [0.29, 0.717) is 0 Å². The molecule has 0 amide bonds. The average molecular weight is 242 g/mol. The molecule has 0 aliphatic rings. The topological polar surface area (TPSA) is 43.8 Å². The number of thiophene rings is 1. The monoisotopic (exact) mass is 241 g/mol. The largest absolute Gasteiger partial charge is 0.326 e. The maximum Gasteiger partial charge on any atom is 0.101 e. The van der Waals surface area contributed by atoms with Crippen molar-refractivity contribution in [3.63, 3.8) is 0 Å². The minimum Gasteiger partial charge on any atom is -0.326 e. The zero-order valence-corrected chi connectivity index (χ0v) is 9.87. The van der Waals surface area contributed by atoms with Gasteiger partial charge >= 0.3 is 0 Å². The number of rotatable bonds is 3. The molecule has 2 aromatic rings. The molecule has 0 aliphatic heterocycles. The molecule has 0 radical (unpaired) electrons. The lowest BCUT2D eigenvalue weighted by atomic mass is 10.1. The molecule has 15 heavy (non-hydrogen) atoms. The third-order valence-electron chi connectivity index (χ3n) is 2.19. The highest BCUT2D eigenvalue weighted by Crippen LogP contribution is 2.30. The molecule has 0 aromatic carbocycles. The Balaban J connectivity index is 2.36. The Morgan fingerprint density at radius 3 is 2.80 bits per heavy atom. The molecule has 0 bridgehead atoms. The molecule has 2 rings (SSSR count). The molecular formula is C10H12ClN3S. The van der Waals surface area contributed by atoms with Crippen molar-refractivity contribution >= 4 is 22.9 Å². The normalized spacial score (nSPS) is 15.1. The van der Waals surface area contributed by atoms with E-state index in [-0.39, 0.29) is 12.1 Å². The second-order valence-electron chi connectivity index (χ2n) is 3.43. The van der Waals surface area contributed by atoms with Gasteiger partial charge in [0, 0.05) is 23.3 Å². The lowest BCUT2D eigenvalue weighted by Gasteiger charge is -2.19. The molecule has 2 atom stereocenters. The molecule has 2 aromatic heterocycles. The fourth-order valence-electron chi connectivity index (χ4n) is 1.56. The van der Waals surface area contributed by atoms with Gasteiger partial charge in [0.15, 0.2) is 0 Å². The summed E-state index contributed by atoms with van der Waals surface area (Å²) in [6.45, 7) is 1.97. The van der Waals surface area contributed by atoms with E-state index in [2.05, 4.69) is 5.10 Å². The summed E-state index contributed by atoms with van der Waals surface area (Å²) < 4.78 is 2.65. The van der Waals surface area contributed by atoms with Crippen molar-refractivity contribution in [3.05, 3.63) is 39.8 Å². The van der Waals surface area contributed by atoms with Gasteiger partial charge in [-0.1, -0.05) is 11.6 Å². The lowest BCUT2D eigenvalue weighted by Crippen LogP contribution is -2.29. The third kappa shape index (κ3) is 2.22. The summed E-state index contributed by atoms with van der Waals surface area (Å²) in [7, 11) is 0. The second-order valence-corrected chi connectivity index (χ2v) is 5.18. The Morgan fingerprint density at radius 1 is 1.53 bits per heavy atom. The summed E-state index contributed by atoms with van der Waals surface area (Å²) in [5.74, 6) is 0. The van der Waals surface area contributed by atoms with Crippen LogP contribution in [0, 0.1) is 0 Å². The first-order valence-corrected chi connectivity index (χ1v) is 5.88. The van der Waals surface area contributed by atoms with Crippen molar-refractivity contribution < 1.29 is 0 Å². The molecule has 0 spiro atoms. The molecule has 0 saturated carbocycles. The van der Waals surface area contributed by atoms with Gasteiger partial charge in [-0.15, -0.1) is 11.3 Å². The molecule has 2 unspecified atom stereocenters. The van der Waals surface area contributed by atoms with Crippen molar-refractivity contribution in [3.8, 4) is 0 Å². The van der Waals surface area contributed by atoms with Crippen molar-refractivity contribution in [2.24, 2.45) is 5.73 Å². The summed E-state index contributed by atoms with van der Waals surface area (Å²) in [6, 6.07) is 5.85. The first-order valence-electron chi connectivity index (χ1n) is 4.68. The molecule has 5 heteroatoms. The van der Waals surface area contributed by atoms with Crippen LogP contribution in [0.3, 0.4) is 0 Å². The van der Waals surface area contributed by atoms with E-state index in [4.69, 9.17) is 17.3 Å². The van der Waals surface area contributed by atoms with Crippen molar-refractivity contribution in [1.82, 2.24) is 9.78 Å². The number of nitrogens with zero attached hydrogens (tertiary/aromatic N) is 2. The Morgan fingerprint density at radius 2 is 2.33 bits per heavy atom. The highest BCUT2D eigenvalue weighted by atomic mass is 35.5. The number of halogens is 1. The highest BCUT2D eigenvalue weighted by Gasteiger charge is 2.20. The van der Waals surface area contributed by atoms with Crippen LogP contribution in [0.1, 0.15) is 17.8 Å². The Kier molecular flexibility index (Phi) is 3.09. The van der Waals surface area contributed by atoms with Gasteiger partial charge in [0.2, 0.25) is 0 Å². The summed E-state index contributed by atoms with van der Waals surface area (Å²) >= 11 is 7.47. The Hall–Kier alpha value is -0.840. The van der Waals surface area contributed by atoms with Gasteiger partial charge in [-0.3, -0.25) is 4.68 Å². The first kappa shape index (κ1) is 10.7. The molecule has 0 aliphatic carbocycles. The maximum absolute atomic E-state index is 5.97. The first-order chi connectivity index (χ1) is 7.18. The zero-order chi connectivity index (χ0) is 10.8. The van der Waals surface area contributed by atoms with Gasteiger partial charge in [0.1, 0.15) is 6.04 Å². The molecule has 0 fully saturated rings. The Labute approximate surface area is 97.5 Å². The van der Waals surface area contributed by atoms with Crippen LogP contribution in [0.5, 0.6) is 0 Å². The van der Waals surface area contributed by atoms with E-state index in [1.54, 1.807) is 17.5 Å². The minimum absolute atomic E-state index is 0.000355. The van der Waals surface area contributed by atoms with Crippen LogP contribution in [-0.2, 0) is 0 Å². The summed E-state index contributed by atoms with van der Waals surface area (Å²) in [4.78, 5) is 1.14. The predicted molar refractivity (Wildman–Crippen MR) is 63.3 cm³/mol. The molecule has 3 nitrogen and oxygen atoms in total. The van der Waals surface area contributed by atoms with E-state index >= 15 is 0 Å². The Bertz CT molecular complexity index is 422. The fourth-order valence-corrected chi connectivity index (χ4v) is 2.83. The lowest BCUT2D eigenvalue weighted by molar-refractivity contribution is 0.460. The van der Waals surface area contributed by atoms with Crippen molar-refractivity contribution in [1.29, 1.82) is 0 Å². The van der Waals surface area contributed by atoms with Crippen LogP contribution in [-0.4, -0.2) is 15.8 Å². The van der Waals surface area contributed by atoms with E-state index in [1.165, 1.54) is 0 Å². The number of aromatic nitrogens is 2. The maximum atomic E-state index is 5.97. The van der Waals surface area contributed by atoms with E-state index < -0.39 is 0 Å². The number of hydrogen-bond acceptors (Lipinski definition) is 3. The smallest absolute Gasteiger partial charge is 0.101 e. The molecule has 0 saturated heterocycles. The fraction of sp³-hybridized carbons (Fsp3) is 0.300. The van der Waals surface area contributed by atoms with E-state index in [0.717, 1.165) is 9.21 Å². The van der Waals surface area contributed by atoms with Gasteiger partial charge in [-0.25, -0.2) is 0 Å². The summed E-state index contributed by atoms with van der Waals surface area (Å²) in [6.07, 6.45) is 3.67. The van der Waals surface area contributed by atoms with E-state index in [1.807, 2.05) is 36.0 Å². The highest BCUT2D eigenvalue weighted by molar-refractivity contribution is 7.16. The van der Waals surface area contributed by atoms with Gasteiger partial charge < -0.3 is 5.73 Å². The van der Waals surface area contributed by atoms with Crippen molar-refractivity contribution in [2.75, 3.05) is 0 Å². The van der Waals surface area contributed by atoms with Crippen LogP contribution < -0.4 is 5.73 Å². The van der Waals surface area contributed by atoms with Crippen LogP contribution in [0.25, 0.3) is 0 Å². The molecule has 80 valence electrons. The standard InChI is InChI=1S/C10H12ClN3S/c1-7(12)10(14-6-2-5-13-14)8-3-4-9(11)15-8/h2-7,10H,12H2,1H3. The zero-order valence-electron chi connectivity index (χ0n) is 8.30. The molecule has 2 N–H and O–H groups in total. The molecule has 2 heterocycles. The van der Waals surface area contributed by atoms with Crippen LogP contribution in [0.4, 0.5) is 0 Å². The van der Waals surface area contributed by atoms with Gasteiger partial charge in [-0.2, -0.15) is 5.10 Å².